The summed E-state index contributed by atoms with van der Waals surface area (Å²) in [6, 6.07) is 5.47. The van der Waals surface area contributed by atoms with E-state index in [0.717, 1.165) is 11.3 Å². The van der Waals surface area contributed by atoms with E-state index in [9.17, 15) is 4.79 Å². The van der Waals surface area contributed by atoms with Crippen molar-refractivity contribution in [1.29, 1.82) is 0 Å². The average Bonchev–Trinajstić information content (AvgIpc) is 2.53. The number of hydrogen-bond donors (Lipinski definition) is 1. The molecule has 1 aromatic heterocycles. The van der Waals surface area contributed by atoms with E-state index < -0.39 is 5.63 Å². The highest BCUT2D eigenvalue weighted by Gasteiger charge is 2.22. The molecular weight excluding hydrogens is 330 g/mol. The fraction of sp³-hybridized carbons (Fsp3) is 0.111. The first kappa shape index (κ1) is 10.7. The van der Waals surface area contributed by atoms with Crippen LogP contribution in [0.25, 0.3) is 5.69 Å². The maximum Gasteiger partial charge on any atom is 0.441 e. The van der Waals surface area contributed by atoms with Crippen LogP contribution in [0.3, 0.4) is 0 Å². The highest BCUT2D eigenvalue weighted by atomic mass is 127. The second-order valence-electron chi connectivity index (χ2n) is 2.99. The van der Waals surface area contributed by atoms with Crippen LogP contribution in [0.15, 0.2) is 27.5 Å². The van der Waals surface area contributed by atoms with Crippen LogP contribution in [0.4, 0.5) is 0 Å². The molecule has 0 aliphatic rings. The van der Waals surface area contributed by atoms with Crippen molar-refractivity contribution < 1.29 is 9.20 Å². The van der Waals surface area contributed by atoms with Gasteiger partial charge in [0.25, 0.3) is 0 Å². The summed E-state index contributed by atoms with van der Waals surface area (Å²) >= 11 is 7.90. The van der Waals surface area contributed by atoms with Crippen molar-refractivity contribution in [3.05, 3.63) is 42.9 Å². The molecule has 0 aliphatic carbocycles. The van der Waals surface area contributed by atoms with Gasteiger partial charge in [-0.15, -0.1) is 0 Å². The first-order chi connectivity index (χ1) is 7.11. The number of halogens is 2. The van der Waals surface area contributed by atoms with Gasteiger partial charge in [-0.2, -0.15) is 0 Å². The number of hydrogen-bond acceptors (Lipinski definition) is 2. The van der Waals surface area contributed by atoms with Crippen LogP contribution in [0.2, 0.25) is 5.02 Å². The molecular formula is C9H7ClIN2O2+. The number of H-pyrrole nitrogens is 1. The first-order valence-electron chi connectivity index (χ1n) is 4.16. The Kier molecular flexibility index (Phi) is 2.83. The van der Waals surface area contributed by atoms with E-state index in [4.69, 9.17) is 11.6 Å². The molecule has 0 saturated heterocycles. The van der Waals surface area contributed by atoms with Gasteiger partial charge in [0.2, 0.25) is 5.69 Å². The van der Waals surface area contributed by atoms with Gasteiger partial charge in [-0.3, -0.25) is 4.52 Å². The Balaban J connectivity index is 2.69. The van der Waals surface area contributed by atoms with Crippen molar-refractivity contribution in [2.45, 2.75) is 6.92 Å². The lowest BCUT2D eigenvalue weighted by Gasteiger charge is -1.97. The Morgan fingerprint density at radius 1 is 1.53 bits per heavy atom. The monoisotopic (exact) mass is 337 g/mol. The molecule has 0 aliphatic heterocycles. The molecule has 0 atom stereocenters. The summed E-state index contributed by atoms with van der Waals surface area (Å²) in [6.45, 7) is 1.88. The number of aromatic amines is 1. The van der Waals surface area contributed by atoms with E-state index in [0.29, 0.717) is 8.72 Å². The summed E-state index contributed by atoms with van der Waals surface area (Å²) in [6.07, 6.45) is 0. The number of benzene rings is 1. The summed E-state index contributed by atoms with van der Waals surface area (Å²) in [4.78, 5) is 11.2. The lowest BCUT2D eigenvalue weighted by atomic mass is 10.2. The lowest BCUT2D eigenvalue weighted by Crippen LogP contribution is -2.38. The molecule has 1 aromatic carbocycles. The SMILES string of the molecule is Cc1c(Cl)cccc1-[n+]1[nH]oc(=O)c1I. The minimum absolute atomic E-state index is 0.394. The van der Waals surface area contributed by atoms with Gasteiger partial charge in [-0.1, -0.05) is 17.7 Å². The van der Waals surface area contributed by atoms with Crippen molar-refractivity contribution in [3.8, 4) is 5.69 Å². The van der Waals surface area contributed by atoms with Crippen LogP contribution in [-0.4, -0.2) is 5.27 Å². The molecule has 0 radical (unpaired) electrons. The van der Waals surface area contributed by atoms with Gasteiger partial charge in [-0.25, -0.2) is 4.79 Å². The smallest absolute Gasteiger partial charge is 0.282 e. The molecule has 0 unspecified atom stereocenters. The summed E-state index contributed by atoms with van der Waals surface area (Å²) in [5.74, 6) is 0. The standard InChI is InChI=1S/C9H6ClIN2O2/c1-5-6(10)3-2-4-7(5)13-8(11)9(14)15-12-13/h2-4H,1H3/p+1. The predicted molar refractivity (Wildman–Crippen MR) is 63.3 cm³/mol. The van der Waals surface area contributed by atoms with E-state index in [1.165, 1.54) is 0 Å². The molecule has 0 amide bonds. The average molecular weight is 338 g/mol. The van der Waals surface area contributed by atoms with Crippen molar-refractivity contribution in [1.82, 2.24) is 5.27 Å². The quantitative estimate of drug-likeness (QED) is 0.637. The second kappa shape index (κ2) is 3.97. The third-order valence-corrected chi connectivity index (χ3v) is 3.41. The van der Waals surface area contributed by atoms with E-state index in [1.807, 2.05) is 41.6 Å². The maximum absolute atomic E-state index is 11.2. The fourth-order valence-electron chi connectivity index (χ4n) is 1.25. The minimum Gasteiger partial charge on any atom is -0.282 e. The number of aromatic nitrogens is 2. The molecule has 2 rings (SSSR count). The van der Waals surface area contributed by atoms with Gasteiger partial charge in [0.1, 0.15) is 0 Å². The Morgan fingerprint density at radius 2 is 2.27 bits per heavy atom. The molecule has 0 fully saturated rings. The molecule has 0 saturated carbocycles. The van der Waals surface area contributed by atoms with Crippen molar-refractivity contribution in [2.75, 3.05) is 0 Å². The van der Waals surface area contributed by atoms with Crippen LogP contribution >= 0.6 is 34.2 Å². The second-order valence-corrected chi connectivity index (χ2v) is 4.42. The van der Waals surface area contributed by atoms with Crippen LogP contribution in [0.5, 0.6) is 0 Å². The van der Waals surface area contributed by atoms with E-state index >= 15 is 0 Å². The van der Waals surface area contributed by atoms with Crippen LogP contribution in [0, 0.1) is 10.6 Å². The topological polar surface area (TPSA) is 49.9 Å². The molecule has 0 bridgehead atoms. The number of nitrogens with zero attached hydrogens (tertiary/aromatic N) is 1. The summed E-state index contributed by atoms with van der Waals surface area (Å²) in [7, 11) is 0. The molecule has 78 valence electrons. The van der Waals surface area contributed by atoms with Crippen molar-refractivity contribution in [2.24, 2.45) is 0 Å². The normalized spacial score (nSPS) is 10.6. The summed E-state index contributed by atoms with van der Waals surface area (Å²) in [5, 5.41) is 3.17. The van der Waals surface area contributed by atoms with Crippen molar-refractivity contribution in [3.63, 3.8) is 0 Å². The van der Waals surface area contributed by atoms with E-state index in [1.54, 1.807) is 10.7 Å². The maximum atomic E-state index is 11.2. The Hall–Kier alpha value is -0.820. The lowest BCUT2D eigenvalue weighted by molar-refractivity contribution is -0.682. The summed E-state index contributed by atoms with van der Waals surface area (Å²) in [5.41, 5.74) is 1.30. The van der Waals surface area contributed by atoms with E-state index in [2.05, 4.69) is 9.79 Å². The third kappa shape index (κ3) is 1.81. The highest BCUT2D eigenvalue weighted by molar-refractivity contribution is 14.1. The Morgan fingerprint density at radius 3 is 2.87 bits per heavy atom. The molecule has 1 heterocycles. The Bertz CT molecular complexity index is 561. The summed E-state index contributed by atoms with van der Waals surface area (Å²) < 4.78 is 6.69. The van der Waals surface area contributed by atoms with Gasteiger partial charge >= 0.3 is 9.33 Å². The van der Waals surface area contributed by atoms with Gasteiger partial charge in [0, 0.05) is 34.2 Å². The predicted octanol–water partition coefficient (Wildman–Crippen LogP) is 1.81. The first-order valence-corrected chi connectivity index (χ1v) is 5.61. The van der Waals surface area contributed by atoms with Crippen LogP contribution in [-0.2, 0) is 0 Å². The van der Waals surface area contributed by atoms with Crippen LogP contribution < -0.4 is 10.3 Å². The van der Waals surface area contributed by atoms with Gasteiger partial charge < -0.3 is 0 Å². The zero-order valence-corrected chi connectivity index (χ0v) is 10.7. The van der Waals surface area contributed by atoms with Crippen molar-refractivity contribution >= 4 is 34.2 Å². The fourth-order valence-corrected chi connectivity index (χ4v) is 1.89. The molecule has 0 spiro atoms. The number of rotatable bonds is 1. The third-order valence-electron chi connectivity index (χ3n) is 2.07. The highest BCUT2D eigenvalue weighted by Crippen LogP contribution is 2.18. The largest absolute Gasteiger partial charge is 0.441 e. The zero-order chi connectivity index (χ0) is 11.0. The van der Waals surface area contributed by atoms with Gasteiger partial charge in [-0.05, 0) is 22.9 Å². The van der Waals surface area contributed by atoms with Crippen LogP contribution in [0.1, 0.15) is 5.56 Å². The van der Waals surface area contributed by atoms with Gasteiger partial charge in [0.15, 0.2) is 0 Å². The van der Waals surface area contributed by atoms with Gasteiger partial charge in [0.05, 0.1) is 5.02 Å². The molecule has 4 nitrogen and oxygen atoms in total. The Labute approximate surface area is 104 Å². The molecule has 2 aromatic rings. The number of nitrogens with one attached hydrogen (secondary N) is 1. The zero-order valence-electron chi connectivity index (χ0n) is 7.75. The van der Waals surface area contributed by atoms with E-state index in [-0.39, 0.29) is 0 Å². The minimum atomic E-state index is -0.394. The molecule has 6 heteroatoms. The molecule has 1 N–H and O–H groups in total. The molecule has 15 heavy (non-hydrogen) atoms.